The monoisotopic (exact) mass is 371 g/mol. The Bertz CT molecular complexity index is 1010. The first-order valence-corrected chi connectivity index (χ1v) is 8.42. The molecule has 2 aromatic carbocycles. The summed E-state index contributed by atoms with van der Waals surface area (Å²) < 4.78 is 13.6. The lowest BCUT2D eigenvalue weighted by Crippen LogP contribution is -2.13. The second-order valence-corrected chi connectivity index (χ2v) is 6.61. The van der Waals surface area contributed by atoms with E-state index in [1.165, 1.54) is 29.5 Å². The summed E-state index contributed by atoms with van der Waals surface area (Å²) in [5.41, 5.74) is 1.29. The van der Waals surface area contributed by atoms with Gasteiger partial charge in [0.2, 0.25) is 0 Å². The molecule has 25 heavy (non-hydrogen) atoms. The Hall–Kier alpha value is -2.75. The Morgan fingerprint density at radius 1 is 1.32 bits per heavy atom. The number of carbonyl (C=O) groups is 1. The number of aromatic nitrogens is 1. The number of amides is 1. The summed E-state index contributed by atoms with van der Waals surface area (Å²) in [4.78, 5) is 17.3. The van der Waals surface area contributed by atoms with Crippen LogP contribution in [0.25, 0.3) is 10.6 Å². The van der Waals surface area contributed by atoms with Crippen molar-refractivity contribution in [3.8, 4) is 16.6 Å². The molecule has 0 atom stereocenters. The van der Waals surface area contributed by atoms with Gasteiger partial charge in [0.15, 0.2) is 0 Å². The van der Waals surface area contributed by atoms with Crippen LogP contribution < -0.4 is 5.32 Å². The van der Waals surface area contributed by atoms with Gasteiger partial charge < -0.3 is 5.32 Å². The van der Waals surface area contributed by atoms with Gasteiger partial charge in [-0.25, -0.2) is 9.37 Å². The molecule has 0 saturated carbocycles. The van der Waals surface area contributed by atoms with Crippen molar-refractivity contribution in [2.45, 2.75) is 6.92 Å². The predicted octanol–water partition coefficient (Wildman–Crippen LogP) is 5.04. The fourth-order valence-corrected chi connectivity index (χ4v) is 3.42. The minimum atomic E-state index is -0.680. The van der Waals surface area contributed by atoms with Gasteiger partial charge in [0, 0.05) is 10.6 Å². The second-order valence-electron chi connectivity index (χ2n) is 5.17. The average Bonchev–Trinajstić information content (AvgIpc) is 2.97. The Kier molecular flexibility index (Phi) is 4.79. The van der Waals surface area contributed by atoms with E-state index in [1.54, 1.807) is 31.2 Å². The number of anilines is 1. The van der Waals surface area contributed by atoms with Crippen molar-refractivity contribution in [1.82, 2.24) is 4.98 Å². The van der Waals surface area contributed by atoms with Gasteiger partial charge in [-0.05, 0) is 31.2 Å². The van der Waals surface area contributed by atoms with Crippen LogP contribution in [0.3, 0.4) is 0 Å². The summed E-state index contributed by atoms with van der Waals surface area (Å²) in [5, 5.41) is 12.9. The normalized spacial score (nSPS) is 10.3. The zero-order valence-electron chi connectivity index (χ0n) is 13.0. The minimum Gasteiger partial charge on any atom is -0.320 e. The summed E-state index contributed by atoms with van der Waals surface area (Å²) in [7, 11) is 0. The van der Waals surface area contributed by atoms with Crippen molar-refractivity contribution in [3.63, 3.8) is 0 Å². The SMILES string of the molecule is Cc1nc(-c2cccc(Cl)c2)sc1C(=O)Nc1cccc(F)c1C#N. The molecule has 0 unspecified atom stereocenters. The Morgan fingerprint density at radius 3 is 2.80 bits per heavy atom. The number of nitrogens with one attached hydrogen (secondary N) is 1. The number of hydrogen-bond acceptors (Lipinski definition) is 4. The molecule has 0 fully saturated rings. The largest absolute Gasteiger partial charge is 0.320 e. The highest BCUT2D eigenvalue weighted by molar-refractivity contribution is 7.17. The zero-order chi connectivity index (χ0) is 18.0. The third-order valence-electron chi connectivity index (χ3n) is 3.45. The van der Waals surface area contributed by atoms with Gasteiger partial charge in [-0.3, -0.25) is 4.79 Å². The lowest BCUT2D eigenvalue weighted by Gasteiger charge is -2.06. The molecule has 3 aromatic rings. The fourth-order valence-electron chi connectivity index (χ4n) is 2.27. The molecule has 1 aromatic heterocycles. The lowest BCUT2D eigenvalue weighted by molar-refractivity contribution is 0.103. The van der Waals surface area contributed by atoms with Crippen molar-refractivity contribution >= 4 is 34.5 Å². The molecular weight excluding hydrogens is 361 g/mol. The molecule has 0 saturated heterocycles. The summed E-state index contributed by atoms with van der Waals surface area (Å²) in [5.74, 6) is -1.12. The molecule has 4 nitrogen and oxygen atoms in total. The third kappa shape index (κ3) is 3.53. The van der Waals surface area contributed by atoms with Crippen LogP contribution in [0.2, 0.25) is 5.02 Å². The summed E-state index contributed by atoms with van der Waals surface area (Å²) in [6.45, 7) is 1.72. The van der Waals surface area contributed by atoms with Crippen LogP contribution in [0.15, 0.2) is 42.5 Å². The van der Waals surface area contributed by atoms with Crippen LogP contribution in [0.5, 0.6) is 0 Å². The van der Waals surface area contributed by atoms with Crippen LogP contribution >= 0.6 is 22.9 Å². The number of halogens is 2. The second kappa shape index (κ2) is 7.01. The molecular formula is C18H11ClFN3OS. The Morgan fingerprint density at radius 2 is 2.08 bits per heavy atom. The fraction of sp³-hybridized carbons (Fsp3) is 0.0556. The van der Waals surface area contributed by atoms with E-state index < -0.39 is 11.7 Å². The first kappa shape index (κ1) is 17.1. The number of aryl methyl sites for hydroxylation is 1. The maximum Gasteiger partial charge on any atom is 0.267 e. The Balaban J connectivity index is 1.92. The van der Waals surface area contributed by atoms with Crippen molar-refractivity contribution in [1.29, 1.82) is 5.26 Å². The number of rotatable bonds is 3. The third-order valence-corrected chi connectivity index (χ3v) is 4.89. The van der Waals surface area contributed by atoms with Gasteiger partial charge in [0.05, 0.1) is 11.4 Å². The number of nitriles is 1. The van der Waals surface area contributed by atoms with E-state index in [9.17, 15) is 9.18 Å². The maximum atomic E-state index is 13.6. The number of carbonyl (C=O) groups excluding carboxylic acids is 1. The van der Waals surface area contributed by atoms with Crippen molar-refractivity contribution in [2.24, 2.45) is 0 Å². The molecule has 1 heterocycles. The molecule has 7 heteroatoms. The van der Waals surface area contributed by atoms with Crippen LogP contribution in [0.1, 0.15) is 20.9 Å². The van der Waals surface area contributed by atoms with Gasteiger partial charge in [-0.2, -0.15) is 5.26 Å². The van der Waals surface area contributed by atoms with Gasteiger partial charge in [-0.15, -0.1) is 11.3 Å². The number of thiazole rings is 1. The summed E-state index contributed by atoms with van der Waals surface area (Å²) >= 11 is 7.20. The molecule has 0 aliphatic heterocycles. The van der Waals surface area contributed by atoms with Gasteiger partial charge in [-0.1, -0.05) is 29.8 Å². The molecule has 1 N–H and O–H groups in total. The predicted molar refractivity (Wildman–Crippen MR) is 96.4 cm³/mol. The molecule has 124 valence electrons. The highest BCUT2D eigenvalue weighted by Gasteiger charge is 2.18. The van der Waals surface area contributed by atoms with Gasteiger partial charge >= 0.3 is 0 Å². The van der Waals surface area contributed by atoms with E-state index in [-0.39, 0.29) is 11.3 Å². The molecule has 0 aliphatic carbocycles. The Labute approximate surface area is 152 Å². The standard InChI is InChI=1S/C18H11ClFN3OS/c1-10-16(25-18(22-10)11-4-2-5-12(19)8-11)17(24)23-15-7-3-6-14(20)13(15)9-21/h2-8H,1H3,(H,23,24). The smallest absolute Gasteiger partial charge is 0.267 e. The van der Waals surface area contributed by atoms with E-state index in [0.717, 1.165) is 5.56 Å². The zero-order valence-corrected chi connectivity index (χ0v) is 14.6. The minimum absolute atomic E-state index is 0.129. The van der Waals surface area contributed by atoms with Gasteiger partial charge in [0.25, 0.3) is 5.91 Å². The van der Waals surface area contributed by atoms with Crippen LogP contribution in [-0.2, 0) is 0 Å². The van der Waals surface area contributed by atoms with Crippen molar-refractivity contribution in [3.05, 3.63) is 69.4 Å². The van der Waals surface area contributed by atoms with Crippen molar-refractivity contribution in [2.75, 3.05) is 5.32 Å². The molecule has 0 bridgehead atoms. The van der Waals surface area contributed by atoms with Crippen LogP contribution in [0, 0.1) is 24.1 Å². The number of nitrogens with zero attached hydrogens (tertiary/aromatic N) is 2. The topological polar surface area (TPSA) is 65.8 Å². The molecule has 0 radical (unpaired) electrons. The molecule has 0 spiro atoms. The molecule has 1 amide bonds. The van der Waals surface area contributed by atoms with E-state index in [0.29, 0.717) is 20.6 Å². The summed E-state index contributed by atoms with van der Waals surface area (Å²) in [6, 6.07) is 13.0. The maximum absolute atomic E-state index is 13.6. The summed E-state index contributed by atoms with van der Waals surface area (Å²) in [6.07, 6.45) is 0. The number of benzene rings is 2. The van der Waals surface area contributed by atoms with E-state index in [1.807, 2.05) is 6.07 Å². The van der Waals surface area contributed by atoms with E-state index in [2.05, 4.69) is 10.3 Å². The van der Waals surface area contributed by atoms with Gasteiger partial charge in [0.1, 0.15) is 27.3 Å². The molecule has 0 aliphatic rings. The van der Waals surface area contributed by atoms with Crippen LogP contribution in [0.4, 0.5) is 10.1 Å². The van der Waals surface area contributed by atoms with Crippen molar-refractivity contribution < 1.29 is 9.18 Å². The highest BCUT2D eigenvalue weighted by atomic mass is 35.5. The first-order chi connectivity index (χ1) is 12.0. The first-order valence-electron chi connectivity index (χ1n) is 7.23. The highest BCUT2D eigenvalue weighted by Crippen LogP contribution is 2.30. The van der Waals surface area contributed by atoms with E-state index in [4.69, 9.17) is 16.9 Å². The molecule has 3 rings (SSSR count). The van der Waals surface area contributed by atoms with Crippen LogP contribution in [-0.4, -0.2) is 10.9 Å². The quantitative estimate of drug-likeness (QED) is 0.701. The number of hydrogen-bond donors (Lipinski definition) is 1. The average molecular weight is 372 g/mol. The van der Waals surface area contributed by atoms with E-state index >= 15 is 0 Å². The lowest BCUT2D eigenvalue weighted by atomic mass is 10.2.